The van der Waals surface area contributed by atoms with Gasteiger partial charge in [-0.2, -0.15) is 0 Å². The quantitative estimate of drug-likeness (QED) is 0.868. The van der Waals surface area contributed by atoms with Gasteiger partial charge in [0.05, 0.1) is 11.3 Å². The maximum atomic E-state index is 13.2. The van der Waals surface area contributed by atoms with Crippen molar-refractivity contribution < 1.29 is 23.5 Å². The van der Waals surface area contributed by atoms with Crippen molar-refractivity contribution in [3.63, 3.8) is 0 Å². The topological polar surface area (TPSA) is 72.9 Å². The van der Waals surface area contributed by atoms with Gasteiger partial charge in [-0.1, -0.05) is 0 Å². The predicted octanol–water partition coefficient (Wildman–Crippen LogP) is 1.69. The third-order valence-corrected chi connectivity index (χ3v) is 2.76. The highest BCUT2D eigenvalue weighted by atomic mass is 19.2. The minimum Gasteiger partial charge on any atom is -0.478 e. The van der Waals surface area contributed by atoms with E-state index in [0.717, 1.165) is 0 Å². The summed E-state index contributed by atoms with van der Waals surface area (Å²) in [6, 6.07) is 0.578. The van der Waals surface area contributed by atoms with E-state index >= 15 is 0 Å². The maximum absolute atomic E-state index is 13.2. The first kappa shape index (κ1) is 16.8. The zero-order chi connectivity index (χ0) is 16.2. The number of carbonyl (C=O) groups excluding carboxylic acids is 1. The number of anilines is 1. The highest BCUT2D eigenvalue weighted by Crippen LogP contribution is 2.20. The zero-order valence-electron chi connectivity index (χ0n) is 12.0. The number of rotatable bonds is 5. The number of benzene rings is 1. The number of hydrogen-bond donors (Lipinski definition) is 2. The lowest BCUT2D eigenvalue weighted by Gasteiger charge is -2.20. The molecule has 0 heterocycles. The van der Waals surface area contributed by atoms with Gasteiger partial charge in [0.15, 0.2) is 11.6 Å². The molecule has 2 N–H and O–H groups in total. The molecule has 0 aromatic heterocycles. The monoisotopic (exact) mass is 301 g/mol. The van der Waals surface area contributed by atoms with Crippen LogP contribution in [0.2, 0.25) is 0 Å². The molecule has 0 saturated heterocycles. The normalized spacial score (nSPS) is 10.6. The first-order valence-electron chi connectivity index (χ1n) is 6.11. The second-order valence-electron chi connectivity index (χ2n) is 4.77. The fraction of sp³-hybridized carbons (Fsp3) is 0.385. The van der Waals surface area contributed by atoms with Gasteiger partial charge in [-0.15, -0.1) is 0 Å². The van der Waals surface area contributed by atoms with Crippen molar-refractivity contribution in [1.29, 1.82) is 0 Å². The Morgan fingerprint density at radius 3 is 2.24 bits per heavy atom. The first-order valence-corrected chi connectivity index (χ1v) is 6.11. The van der Waals surface area contributed by atoms with Gasteiger partial charge in [0, 0.05) is 26.2 Å². The number of likely N-dealkylation sites (N-methyl/N-ethyl adjacent to an activating group) is 2. The number of nitrogens with zero attached hydrogens (tertiary/aromatic N) is 2. The molecular weight excluding hydrogens is 284 g/mol. The molecule has 0 aliphatic rings. The fourth-order valence-electron chi connectivity index (χ4n) is 1.49. The molecule has 116 valence electrons. The molecule has 0 aliphatic carbocycles. The summed E-state index contributed by atoms with van der Waals surface area (Å²) in [5, 5.41) is 11.2. The van der Waals surface area contributed by atoms with E-state index in [1.54, 1.807) is 0 Å². The van der Waals surface area contributed by atoms with E-state index in [-0.39, 0.29) is 5.69 Å². The summed E-state index contributed by atoms with van der Waals surface area (Å²) >= 11 is 0. The Morgan fingerprint density at radius 2 is 1.71 bits per heavy atom. The van der Waals surface area contributed by atoms with Crippen LogP contribution in [0, 0.1) is 11.6 Å². The van der Waals surface area contributed by atoms with Crippen LogP contribution in [-0.2, 0) is 0 Å². The summed E-state index contributed by atoms with van der Waals surface area (Å²) < 4.78 is 26.2. The molecule has 0 aliphatic heterocycles. The fourth-order valence-corrected chi connectivity index (χ4v) is 1.49. The van der Waals surface area contributed by atoms with Crippen molar-refractivity contribution in [1.82, 2.24) is 9.80 Å². The number of hydrogen-bond acceptors (Lipinski definition) is 3. The van der Waals surface area contributed by atoms with Crippen molar-refractivity contribution >= 4 is 17.7 Å². The Bertz CT molecular complexity index is 550. The molecule has 2 amide bonds. The largest absolute Gasteiger partial charge is 0.478 e. The van der Waals surface area contributed by atoms with Gasteiger partial charge in [0.2, 0.25) is 0 Å². The standard InChI is InChI=1S/C13H17F2N3O3/c1-17(2)4-5-18(3)13(21)16-11-7-10(15)9(14)6-8(11)12(19)20/h6-7H,4-5H2,1-3H3,(H,16,21)(H,19,20). The lowest BCUT2D eigenvalue weighted by atomic mass is 10.1. The van der Waals surface area contributed by atoms with E-state index in [9.17, 15) is 18.4 Å². The summed E-state index contributed by atoms with van der Waals surface area (Å²) in [6.07, 6.45) is 0. The lowest BCUT2D eigenvalue weighted by Crippen LogP contribution is -2.36. The van der Waals surface area contributed by atoms with Crippen LogP contribution in [0.4, 0.5) is 19.3 Å². The van der Waals surface area contributed by atoms with E-state index in [4.69, 9.17) is 5.11 Å². The Morgan fingerprint density at radius 1 is 1.14 bits per heavy atom. The van der Waals surface area contributed by atoms with Crippen LogP contribution in [-0.4, -0.2) is 61.1 Å². The van der Waals surface area contributed by atoms with Crippen LogP contribution < -0.4 is 5.32 Å². The average Bonchev–Trinajstić information content (AvgIpc) is 2.39. The van der Waals surface area contributed by atoms with E-state index in [1.807, 2.05) is 19.0 Å². The molecule has 1 rings (SSSR count). The smallest absolute Gasteiger partial charge is 0.337 e. The summed E-state index contributed by atoms with van der Waals surface area (Å²) in [4.78, 5) is 26.1. The van der Waals surface area contributed by atoms with E-state index in [0.29, 0.717) is 25.2 Å². The summed E-state index contributed by atoms with van der Waals surface area (Å²) in [6.45, 7) is 0.998. The van der Waals surface area contributed by atoms with Crippen LogP contribution in [0.15, 0.2) is 12.1 Å². The molecule has 0 spiro atoms. The molecule has 0 atom stereocenters. The number of amides is 2. The predicted molar refractivity (Wildman–Crippen MR) is 73.5 cm³/mol. The van der Waals surface area contributed by atoms with Crippen molar-refractivity contribution in [2.75, 3.05) is 39.5 Å². The number of carboxylic acids is 1. The highest BCUT2D eigenvalue weighted by Gasteiger charge is 2.18. The minimum atomic E-state index is -1.46. The molecule has 0 radical (unpaired) electrons. The van der Waals surface area contributed by atoms with E-state index in [2.05, 4.69) is 5.32 Å². The molecule has 6 nitrogen and oxygen atoms in total. The molecule has 0 unspecified atom stereocenters. The molecule has 1 aromatic carbocycles. The molecule has 0 bridgehead atoms. The van der Waals surface area contributed by atoms with Crippen molar-refractivity contribution in [2.24, 2.45) is 0 Å². The molecular formula is C13H17F2N3O3. The molecule has 1 aromatic rings. The number of carboxylic acid groups (broad SMARTS) is 1. The summed E-state index contributed by atoms with van der Waals surface area (Å²) in [5.41, 5.74) is -0.800. The zero-order valence-corrected chi connectivity index (χ0v) is 12.0. The third-order valence-electron chi connectivity index (χ3n) is 2.76. The van der Waals surface area contributed by atoms with Gasteiger partial charge in [-0.05, 0) is 20.2 Å². The van der Waals surface area contributed by atoms with Crippen LogP contribution in [0.3, 0.4) is 0 Å². The molecule has 0 saturated carbocycles. The van der Waals surface area contributed by atoms with E-state index < -0.39 is 29.2 Å². The van der Waals surface area contributed by atoms with Crippen LogP contribution in [0.1, 0.15) is 10.4 Å². The Kier molecular flexibility index (Phi) is 5.60. The Balaban J connectivity index is 2.89. The molecule has 21 heavy (non-hydrogen) atoms. The maximum Gasteiger partial charge on any atom is 0.337 e. The number of carbonyl (C=O) groups is 2. The second kappa shape index (κ2) is 6.98. The number of urea groups is 1. The number of halogens is 2. The molecule has 0 fully saturated rings. The Labute approximate surface area is 121 Å². The first-order chi connectivity index (χ1) is 9.72. The van der Waals surface area contributed by atoms with Gasteiger partial charge in [0.25, 0.3) is 0 Å². The van der Waals surface area contributed by atoms with Gasteiger partial charge >= 0.3 is 12.0 Å². The van der Waals surface area contributed by atoms with Crippen LogP contribution in [0.5, 0.6) is 0 Å². The third kappa shape index (κ3) is 4.67. The SMILES string of the molecule is CN(C)CCN(C)C(=O)Nc1cc(F)c(F)cc1C(=O)O. The summed E-state index contributed by atoms with van der Waals surface area (Å²) in [7, 11) is 5.19. The summed E-state index contributed by atoms with van der Waals surface area (Å²) in [5.74, 6) is -3.97. The number of nitrogens with one attached hydrogen (secondary N) is 1. The van der Waals surface area contributed by atoms with Crippen molar-refractivity contribution in [2.45, 2.75) is 0 Å². The number of aromatic carboxylic acids is 1. The van der Waals surface area contributed by atoms with Crippen LogP contribution in [0.25, 0.3) is 0 Å². The highest BCUT2D eigenvalue weighted by molar-refractivity contribution is 6.00. The van der Waals surface area contributed by atoms with Gasteiger partial charge in [-0.3, -0.25) is 0 Å². The van der Waals surface area contributed by atoms with Crippen molar-refractivity contribution in [3.05, 3.63) is 29.3 Å². The minimum absolute atomic E-state index is 0.289. The average molecular weight is 301 g/mol. The van der Waals surface area contributed by atoms with Gasteiger partial charge in [0.1, 0.15) is 0 Å². The van der Waals surface area contributed by atoms with Crippen LogP contribution >= 0.6 is 0 Å². The second-order valence-corrected chi connectivity index (χ2v) is 4.77. The lowest BCUT2D eigenvalue weighted by molar-refractivity contribution is 0.0697. The van der Waals surface area contributed by atoms with Gasteiger partial charge < -0.3 is 20.2 Å². The van der Waals surface area contributed by atoms with Crippen molar-refractivity contribution in [3.8, 4) is 0 Å². The molecule has 8 heteroatoms. The van der Waals surface area contributed by atoms with E-state index in [1.165, 1.54) is 11.9 Å². The Hall–Kier alpha value is -2.22. The van der Waals surface area contributed by atoms with Gasteiger partial charge in [-0.25, -0.2) is 18.4 Å².